The molecule has 1 aliphatic heterocycles. The van der Waals surface area contributed by atoms with Crippen LogP contribution in [0.1, 0.15) is 69.2 Å². The maximum Gasteiger partial charge on any atom is 0.573 e. The van der Waals surface area contributed by atoms with Crippen molar-refractivity contribution in [3.05, 3.63) is 30.0 Å². The summed E-state index contributed by atoms with van der Waals surface area (Å²) in [6.45, 7) is 4.07. The average molecular weight is 551 g/mol. The van der Waals surface area contributed by atoms with E-state index in [0.717, 1.165) is 44.9 Å². The van der Waals surface area contributed by atoms with Crippen LogP contribution in [0.5, 0.6) is 5.75 Å². The van der Waals surface area contributed by atoms with E-state index in [4.69, 9.17) is 0 Å². The lowest BCUT2D eigenvalue weighted by molar-refractivity contribution is -0.274. The summed E-state index contributed by atoms with van der Waals surface area (Å²) in [7, 11) is 1.70. The highest BCUT2D eigenvalue weighted by molar-refractivity contribution is 6.07. The fourth-order valence-electron chi connectivity index (χ4n) is 5.88. The SMILES string of the molecule is CNC(C)C(=O)NC(C(=O)N1CCCC1Cn1cc(C(C)=O)c2cc(OC(F)(F)F)ccc21)C1CCCCC1. The number of hydrogen-bond donors (Lipinski definition) is 2. The van der Waals surface area contributed by atoms with Gasteiger partial charge in [-0.25, -0.2) is 0 Å². The largest absolute Gasteiger partial charge is 0.573 e. The Bertz CT molecular complexity index is 1210. The number of aromatic nitrogens is 1. The number of alkyl halides is 3. The van der Waals surface area contributed by atoms with Gasteiger partial charge in [0.25, 0.3) is 0 Å². The van der Waals surface area contributed by atoms with E-state index in [1.165, 1.54) is 25.1 Å². The molecule has 8 nitrogen and oxygen atoms in total. The lowest BCUT2D eigenvalue weighted by atomic mass is 9.83. The molecule has 1 aromatic heterocycles. The number of nitrogens with one attached hydrogen (secondary N) is 2. The Hall–Kier alpha value is -3.08. The van der Waals surface area contributed by atoms with E-state index in [9.17, 15) is 27.6 Å². The van der Waals surface area contributed by atoms with Crippen molar-refractivity contribution in [2.24, 2.45) is 5.92 Å². The highest BCUT2D eigenvalue weighted by atomic mass is 19.4. The predicted molar refractivity (Wildman–Crippen MR) is 140 cm³/mol. The Kier molecular flexibility index (Phi) is 8.88. The molecule has 2 aliphatic rings. The van der Waals surface area contributed by atoms with Gasteiger partial charge in [0.05, 0.1) is 6.04 Å². The van der Waals surface area contributed by atoms with Gasteiger partial charge < -0.3 is 24.8 Å². The molecule has 1 saturated carbocycles. The first-order valence-corrected chi connectivity index (χ1v) is 13.7. The van der Waals surface area contributed by atoms with Crippen molar-refractivity contribution < 1.29 is 32.3 Å². The minimum Gasteiger partial charge on any atom is -0.406 e. The van der Waals surface area contributed by atoms with Crippen LogP contribution in [0.2, 0.25) is 0 Å². The molecule has 1 saturated heterocycles. The quantitative estimate of drug-likeness (QED) is 0.452. The molecule has 2 amide bonds. The van der Waals surface area contributed by atoms with Crippen LogP contribution in [-0.4, -0.2) is 65.1 Å². The molecule has 11 heteroatoms. The first-order valence-electron chi connectivity index (χ1n) is 13.7. The van der Waals surface area contributed by atoms with Crippen LogP contribution in [0, 0.1) is 5.92 Å². The van der Waals surface area contributed by atoms with E-state index in [0.29, 0.717) is 29.6 Å². The van der Waals surface area contributed by atoms with Gasteiger partial charge in [0.15, 0.2) is 5.78 Å². The van der Waals surface area contributed by atoms with Crippen LogP contribution in [0.3, 0.4) is 0 Å². The minimum absolute atomic E-state index is 0.0734. The maximum absolute atomic E-state index is 14.0. The van der Waals surface area contributed by atoms with Gasteiger partial charge >= 0.3 is 6.36 Å². The Morgan fingerprint density at radius 3 is 2.46 bits per heavy atom. The van der Waals surface area contributed by atoms with Crippen LogP contribution < -0.4 is 15.4 Å². The van der Waals surface area contributed by atoms with Gasteiger partial charge in [-0.3, -0.25) is 14.4 Å². The molecular weight excluding hydrogens is 513 g/mol. The number of amides is 2. The first kappa shape index (κ1) is 28.9. The van der Waals surface area contributed by atoms with Gasteiger partial charge in [-0.05, 0) is 70.7 Å². The lowest BCUT2D eigenvalue weighted by Gasteiger charge is -2.35. The number of likely N-dealkylation sites (N-methyl/N-ethyl adjacent to an activating group) is 1. The molecule has 4 rings (SSSR count). The number of carbonyl (C=O) groups excluding carboxylic acids is 3. The third-order valence-electron chi connectivity index (χ3n) is 8.04. The minimum atomic E-state index is -4.84. The number of rotatable bonds is 9. The summed E-state index contributed by atoms with van der Waals surface area (Å²) in [4.78, 5) is 40.9. The summed E-state index contributed by atoms with van der Waals surface area (Å²) in [6.07, 6.45) is 3.29. The summed E-state index contributed by atoms with van der Waals surface area (Å²) >= 11 is 0. The molecule has 1 aliphatic carbocycles. The molecule has 2 aromatic rings. The third kappa shape index (κ3) is 6.74. The van der Waals surface area contributed by atoms with Crippen LogP contribution in [0.15, 0.2) is 24.4 Å². The third-order valence-corrected chi connectivity index (χ3v) is 8.04. The van der Waals surface area contributed by atoms with Crippen LogP contribution in [0.25, 0.3) is 10.9 Å². The molecule has 2 fully saturated rings. The van der Waals surface area contributed by atoms with Crippen LogP contribution >= 0.6 is 0 Å². The molecule has 0 bridgehead atoms. The number of ether oxygens (including phenoxy) is 1. The number of halogens is 3. The summed E-state index contributed by atoms with van der Waals surface area (Å²) in [5.74, 6) is -0.901. The molecule has 2 N–H and O–H groups in total. The smallest absolute Gasteiger partial charge is 0.406 e. The van der Waals surface area contributed by atoms with Crippen molar-refractivity contribution in [3.63, 3.8) is 0 Å². The van der Waals surface area contributed by atoms with E-state index in [1.807, 2.05) is 9.47 Å². The second-order valence-corrected chi connectivity index (χ2v) is 10.7. The molecule has 3 atom stereocenters. The number of Topliss-reactive ketones (excluding diaryl/α,β-unsaturated/α-hetero) is 1. The van der Waals surface area contributed by atoms with E-state index in [-0.39, 0.29) is 29.6 Å². The van der Waals surface area contributed by atoms with Gasteiger partial charge in [-0.1, -0.05) is 19.3 Å². The average Bonchev–Trinajstić information content (AvgIpc) is 3.50. The monoisotopic (exact) mass is 550 g/mol. The Morgan fingerprint density at radius 2 is 1.82 bits per heavy atom. The zero-order chi connectivity index (χ0) is 28.3. The number of carbonyl (C=O) groups is 3. The normalized spacial score (nSPS) is 20.2. The number of hydrogen-bond acceptors (Lipinski definition) is 5. The number of benzene rings is 1. The molecule has 2 heterocycles. The second-order valence-electron chi connectivity index (χ2n) is 10.7. The predicted octanol–water partition coefficient (Wildman–Crippen LogP) is 4.41. The number of likely N-dealkylation sites (tertiary alicyclic amines) is 1. The van der Waals surface area contributed by atoms with Gasteiger partial charge in [-0.2, -0.15) is 0 Å². The topological polar surface area (TPSA) is 92.7 Å². The Morgan fingerprint density at radius 1 is 1.10 bits per heavy atom. The highest BCUT2D eigenvalue weighted by Gasteiger charge is 2.39. The van der Waals surface area contributed by atoms with Crippen molar-refractivity contribution in [2.45, 2.75) is 89.8 Å². The van der Waals surface area contributed by atoms with Gasteiger partial charge in [0, 0.05) is 41.8 Å². The van der Waals surface area contributed by atoms with Crippen molar-refractivity contribution in [1.82, 2.24) is 20.1 Å². The number of nitrogens with zero attached hydrogens (tertiary/aromatic N) is 2. The van der Waals surface area contributed by atoms with Gasteiger partial charge in [-0.15, -0.1) is 13.2 Å². The molecule has 214 valence electrons. The first-order chi connectivity index (χ1) is 18.5. The summed E-state index contributed by atoms with van der Waals surface area (Å²) in [5, 5.41) is 6.32. The van der Waals surface area contributed by atoms with Crippen molar-refractivity contribution >= 4 is 28.5 Å². The molecule has 0 radical (unpaired) electrons. The van der Waals surface area contributed by atoms with E-state index in [2.05, 4.69) is 15.4 Å². The molecule has 39 heavy (non-hydrogen) atoms. The lowest BCUT2D eigenvalue weighted by Crippen LogP contribution is -2.56. The zero-order valence-corrected chi connectivity index (χ0v) is 22.6. The standard InChI is InChI=1S/C28H37F3N4O4/c1-17(32-3)26(37)33-25(19-8-5-4-6-9-19)27(38)35-13-7-10-20(35)15-34-16-23(18(2)36)22-14-21(11-12-24(22)34)39-28(29,30)31/h11-12,14,16-17,19-20,25,32H,4-10,13,15H2,1-3H3,(H,33,37). The highest BCUT2D eigenvalue weighted by Crippen LogP contribution is 2.33. The van der Waals surface area contributed by atoms with E-state index in [1.54, 1.807) is 20.2 Å². The molecule has 3 unspecified atom stereocenters. The number of ketones is 1. The molecule has 1 aromatic carbocycles. The van der Waals surface area contributed by atoms with Crippen LogP contribution in [-0.2, 0) is 16.1 Å². The summed E-state index contributed by atoms with van der Waals surface area (Å²) in [6, 6.07) is 2.75. The van der Waals surface area contributed by atoms with Gasteiger partial charge in [0.1, 0.15) is 11.8 Å². The van der Waals surface area contributed by atoms with Crippen LogP contribution in [0.4, 0.5) is 13.2 Å². The van der Waals surface area contributed by atoms with Gasteiger partial charge in [0.2, 0.25) is 11.8 Å². The van der Waals surface area contributed by atoms with E-state index >= 15 is 0 Å². The maximum atomic E-state index is 14.0. The molecule has 0 spiro atoms. The Balaban J connectivity index is 1.59. The zero-order valence-electron chi connectivity index (χ0n) is 22.6. The Labute approximate surface area is 226 Å². The van der Waals surface area contributed by atoms with E-state index < -0.39 is 24.2 Å². The second kappa shape index (κ2) is 12.0. The number of fused-ring (bicyclic) bond motifs is 1. The summed E-state index contributed by atoms with van der Waals surface area (Å²) in [5.41, 5.74) is 0.885. The fourth-order valence-corrected chi connectivity index (χ4v) is 5.88. The van der Waals surface area contributed by atoms with Crippen molar-refractivity contribution in [3.8, 4) is 5.75 Å². The van der Waals surface area contributed by atoms with Crippen molar-refractivity contribution in [2.75, 3.05) is 13.6 Å². The van der Waals surface area contributed by atoms with Crippen molar-refractivity contribution in [1.29, 1.82) is 0 Å². The summed E-state index contributed by atoms with van der Waals surface area (Å²) < 4.78 is 44.2. The molecular formula is C28H37F3N4O4. The fraction of sp³-hybridized carbons (Fsp3) is 0.607.